The van der Waals surface area contributed by atoms with Crippen LogP contribution in [0.3, 0.4) is 0 Å². The van der Waals surface area contributed by atoms with Crippen LogP contribution in [0.15, 0.2) is 46.5 Å². The molecule has 0 bridgehead atoms. The van der Waals surface area contributed by atoms with Crippen LogP contribution in [0.4, 0.5) is 0 Å². The third-order valence-corrected chi connectivity index (χ3v) is 6.38. The standard InChI is InChI=1S/C24H28N4O2/c1-15-10-19-14-28(22-4-3-5-23(22)29)24(30)20(19)12-18(15)11-16-6-8-17(9-7-16)21(27-25)13-26-2/h6-10,12-13,21-23,25,29H,3-5,11,14H2,1-2H3. The van der Waals surface area contributed by atoms with Crippen LogP contribution in [0.2, 0.25) is 0 Å². The molecule has 0 radical (unpaired) electrons. The Bertz CT molecular complexity index is 983. The van der Waals surface area contributed by atoms with E-state index in [-0.39, 0.29) is 18.0 Å². The summed E-state index contributed by atoms with van der Waals surface area (Å²) in [5.41, 5.74) is 13.6. The first-order valence-corrected chi connectivity index (χ1v) is 10.5. The summed E-state index contributed by atoms with van der Waals surface area (Å²) in [6.45, 7) is 2.69. The van der Waals surface area contributed by atoms with Crippen molar-refractivity contribution >= 4 is 12.1 Å². The zero-order valence-electron chi connectivity index (χ0n) is 17.5. The molecule has 6 heteroatoms. The molecule has 1 fully saturated rings. The Morgan fingerprint density at radius 3 is 2.67 bits per heavy atom. The van der Waals surface area contributed by atoms with Gasteiger partial charge in [0.15, 0.2) is 0 Å². The molecule has 1 saturated carbocycles. The summed E-state index contributed by atoms with van der Waals surface area (Å²) in [6.07, 6.45) is 4.63. The highest BCUT2D eigenvalue weighted by Gasteiger charge is 2.38. The van der Waals surface area contributed by atoms with E-state index in [1.165, 1.54) is 5.56 Å². The van der Waals surface area contributed by atoms with E-state index in [0.29, 0.717) is 6.54 Å². The molecule has 3 unspecified atom stereocenters. The van der Waals surface area contributed by atoms with Crippen molar-refractivity contribution in [1.29, 1.82) is 5.53 Å². The number of aryl methyl sites for hydroxylation is 1. The van der Waals surface area contributed by atoms with Crippen molar-refractivity contribution < 1.29 is 9.90 Å². The van der Waals surface area contributed by atoms with Gasteiger partial charge < -0.3 is 10.0 Å². The average molecular weight is 405 g/mol. The molecule has 3 atom stereocenters. The van der Waals surface area contributed by atoms with Crippen LogP contribution >= 0.6 is 0 Å². The SMILES string of the molecule is CN=CC(N=N)c1ccc(Cc2cc3c(cc2C)CN(C2CCCC2O)C3=O)cc1. The molecule has 0 saturated heterocycles. The zero-order valence-corrected chi connectivity index (χ0v) is 17.5. The summed E-state index contributed by atoms with van der Waals surface area (Å²) in [5.74, 6) is 0.0475. The second-order valence-corrected chi connectivity index (χ2v) is 8.33. The molecule has 0 aromatic heterocycles. The number of hydrogen-bond acceptors (Lipinski definition) is 5. The summed E-state index contributed by atoms with van der Waals surface area (Å²) in [6, 6.07) is 11.8. The molecule has 2 aromatic rings. The van der Waals surface area contributed by atoms with Crippen LogP contribution < -0.4 is 0 Å². The molecule has 0 spiro atoms. The molecule has 1 amide bonds. The van der Waals surface area contributed by atoms with E-state index in [1.54, 1.807) is 13.3 Å². The Morgan fingerprint density at radius 1 is 1.27 bits per heavy atom. The number of benzene rings is 2. The van der Waals surface area contributed by atoms with Gasteiger partial charge in [-0.3, -0.25) is 9.79 Å². The van der Waals surface area contributed by atoms with E-state index in [2.05, 4.69) is 23.1 Å². The third kappa shape index (κ3) is 3.79. The number of aliphatic imine (C=N–C) groups is 1. The quantitative estimate of drug-likeness (QED) is 0.557. The van der Waals surface area contributed by atoms with Crippen molar-refractivity contribution in [3.8, 4) is 0 Å². The lowest BCUT2D eigenvalue weighted by Crippen LogP contribution is -2.40. The maximum atomic E-state index is 13.0. The van der Waals surface area contributed by atoms with E-state index in [1.807, 2.05) is 35.2 Å². The number of fused-ring (bicyclic) bond motifs is 1. The van der Waals surface area contributed by atoms with E-state index in [9.17, 15) is 9.90 Å². The number of carbonyl (C=O) groups excluding carboxylic acids is 1. The lowest BCUT2D eigenvalue weighted by Gasteiger charge is -2.26. The molecular weight excluding hydrogens is 376 g/mol. The van der Waals surface area contributed by atoms with Crippen LogP contribution in [-0.2, 0) is 13.0 Å². The topological polar surface area (TPSA) is 89.1 Å². The van der Waals surface area contributed by atoms with Crippen LogP contribution in [0.25, 0.3) is 0 Å². The summed E-state index contributed by atoms with van der Waals surface area (Å²) >= 11 is 0. The minimum absolute atomic E-state index is 0.0475. The fraction of sp³-hybridized carbons (Fsp3) is 0.417. The Kier molecular flexibility index (Phi) is 5.77. The Balaban J connectivity index is 1.54. The Labute approximate surface area is 177 Å². The van der Waals surface area contributed by atoms with Crippen LogP contribution in [0.5, 0.6) is 0 Å². The van der Waals surface area contributed by atoms with Crippen molar-refractivity contribution in [2.75, 3.05) is 7.05 Å². The molecule has 4 rings (SSSR count). The molecular formula is C24H28N4O2. The first-order valence-electron chi connectivity index (χ1n) is 10.5. The highest BCUT2D eigenvalue weighted by Crippen LogP contribution is 2.33. The maximum Gasteiger partial charge on any atom is 0.254 e. The Hall–Kier alpha value is -2.86. The van der Waals surface area contributed by atoms with Crippen molar-refractivity contribution in [3.63, 3.8) is 0 Å². The van der Waals surface area contributed by atoms with Gasteiger partial charge in [0.25, 0.3) is 5.91 Å². The summed E-state index contributed by atoms with van der Waals surface area (Å²) in [7, 11) is 1.68. The highest BCUT2D eigenvalue weighted by atomic mass is 16.3. The minimum Gasteiger partial charge on any atom is -0.391 e. The average Bonchev–Trinajstić information content (AvgIpc) is 3.30. The van der Waals surface area contributed by atoms with Crippen molar-refractivity contribution in [2.24, 2.45) is 10.1 Å². The van der Waals surface area contributed by atoms with Crippen LogP contribution in [0.1, 0.15) is 63.5 Å². The monoisotopic (exact) mass is 404 g/mol. The number of amides is 1. The number of hydrogen-bond donors (Lipinski definition) is 2. The second-order valence-electron chi connectivity index (χ2n) is 8.33. The van der Waals surface area contributed by atoms with Crippen LogP contribution in [-0.4, -0.2) is 41.3 Å². The normalized spacial score (nSPS) is 22.0. The van der Waals surface area contributed by atoms with Gasteiger partial charge in [-0.05, 0) is 66.5 Å². The van der Waals surface area contributed by atoms with E-state index in [4.69, 9.17) is 5.53 Å². The van der Waals surface area contributed by atoms with Crippen LogP contribution in [0, 0.1) is 12.5 Å². The van der Waals surface area contributed by atoms with Gasteiger partial charge in [-0.25, -0.2) is 5.53 Å². The van der Waals surface area contributed by atoms with Gasteiger partial charge in [0.1, 0.15) is 6.04 Å². The molecule has 6 nitrogen and oxygen atoms in total. The molecule has 2 N–H and O–H groups in total. The smallest absolute Gasteiger partial charge is 0.254 e. The van der Waals surface area contributed by atoms with E-state index < -0.39 is 6.10 Å². The first kappa shape index (κ1) is 20.4. The van der Waals surface area contributed by atoms with E-state index >= 15 is 0 Å². The molecule has 2 aromatic carbocycles. The summed E-state index contributed by atoms with van der Waals surface area (Å²) < 4.78 is 0. The number of nitrogens with one attached hydrogen (secondary N) is 1. The molecule has 1 heterocycles. The maximum absolute atomic E-state index is 13.0. The van der Waals surface area contributed by atoms with Gasteiger partial charge >= 0.3 is 0 Å². The minimum atomic E-state index is -0.403. The van der Waals surface area contributed by atoms with Crippen molar-refractivity contribution in [3.05, 3.63) is 69.8 Å². The number of rotatable bonds is 6. The van der Waals surface area contributed by atoms with Gasteiger partial charge in [-0.2, -0.15) is 5.11 Å². The highest BCUT2D eigenvalue weighted by molar-refractivity contribution is 5.99. The van der Waals surface area contributed by atoms with Crippen molar-refractivity contribution in [1.82, 2.24) is 4.90 Å². The van der Waals surface area contributed by atoms with Gasteiger partial charge in [0, 0.05) is 25.4 Å². The lowest BCUT2D eigenvalue weighted by molar-refractivity contribution is 0.0479. The lowest BCUT2D eigenvalue weighted by atomic mass is 9.95. The molecule has 1 aliphatic heterocycles. The third-order valence-electron chi connectivity index (χ3n) is 6.38. The van der Waals surface area contributed by atoms with Gasteiger partial charge in [-0.1, -0.05) is 30.3 Å². The summed E-state index contributed by atoms with van der Waals surface area (Å²) in [4.78, 5) is 18.9. The second kappa shape index (κ2) is 8.48. The van der Waals surface area contributed by atoms with E-state index in [0.717, 1.165) is 53.5 Å². The summed E-state index contributed by atoms with van der Waals surface area (Å²) in [5, 5.41) is 13.9. The zero-order chi connectivity index (χ0) is 21.3. The fourth-order valence-corrected chi connectivity index (χ4v) is 4.68. The molecule has 1 aliphatic carbocycles. The molecule has 156 valence electrons. The predicted molar refractivity (Wildman–Crippen MR) is 116 cm³/mol. The fourth-order valence-electron chi connectivity index (χ4n) is 4.68. The van der Waals surface area contributed by atoms with Gasteiger partial charge in [0.05, 0.1) is 12.1 Å². The number of nitrogens with zero attached hydrogens (tertiary/aromatic N) is 3. The van der Waals surface area contributed by atoms with Gasteiger partial charge in [0.2, 0.25) is 0 Å². The molecule has 2 aliphatic rings. The Morgan fingerprint density at radius 2 is 2.03 bits per heavy atom. The molecule has 30 heavy (non-hydrogen) atoms. The number of carbonyl (C=O) groups is 1. The van der Waals surface area contributed by atoms with Crippen molar-refractivity contribution in [2.45, 2.75) is 57.3 Å². The first-order chi connectivity index (χ1) is 14.5. The van der Waals surface area contributed by atoms with Gasteiger partial charge in [-0.15, -0.1) is 0 Å². The predicted octanol–water partition coefficient (Wildman–Crippen LogP) is 4.23. The number of aliphatic hydroxyl groups excluding tert-OH is 1. The largest absolute Gasteiger partial charge is 0.391 e. The number of aliphatic hydroxyl groups is 1.